The highest BCUT2D eigenvalue weighted by atomic mass is 19.1. The van der Waals surface area contributed by atoms with Gasteiger partial charge in [0.25, 0.3) is 0 Å². The molecule has 0 spiro atoms. The summed E-state index contributed by atoms with van der Waals surface area (Å²) in [5.41, 5.74) is 0.834. The Morgan fingerprint density at radius 1 is 1.16 bits per heavy atom. The number of rotatable bonds is 9. The van der Waals surface area contributed by atoms with Crippen molar-refractivity contribution in [1.29, 1.82) is 0 Å². The maximum Gasteiger partial charge on any atom is 0.303 e. The highest BCUT2D eigenvalue weighted by molar-refractivity contribution is 5.84. The molecule has 0 aromatic heterocycles. The van der Waals surface area contributed by atoms with Gasteiger partial charge in [-0.2, -0.15) is 0 Å². The second kappa shape index (κ2) is 9.47. The number of hydrogen-bond acceptors (Lipinski definition) is 3. The highest BCUT2D eigenvalue weighted by Crippen LogP contribution is 2.34. The number of aliphatic hydroxyl groups is 1. The van der Waals surface area contributed by atoms with Gasteiger partial charge in [-0.1, -0.05) is 43.5 Å². The van der Waals surface area contributed by atoms with Crippen LogP contribution >= 0.6 is 0 Å². The fraction of sp³-hybridized carbons (Fsp3) is 0.500. The van der Waals surface area contributed by atoms with Crippen LogP contribution in [-0.4, -0.2) is 28.1 Å². The summed E-state index contributed by atoms with van der Waals surface area (Å²) in [7, 11) is 0. The molecule has 0 bridgehead atoms. The van der Waals surface area contributed by atoms with Crippen LogP contribution in [0.2, 0.25) is 0 Å². The third kappa shape index (κ3) is 6.09. The van der Waals surface area contributed by atoms with Crippen molar-refractivity contribution >= 4 is 17.8 Å². The summed E-state index contributed by atoms with van der Waals surface area (Å²) in [4.78, 5) is 22.6. The molecule has 25 heavy (non-hydrogen) atoms. The first-order chi connectivity index (χ1) is 12.0. The van der Waals surface area contributed by atoms with Gasteiger partial charge in [-0.15, -0.1) is 0 Å². The number of benzene rings is 1. The van der Waals surface area contributed by atoms with Crippen molar-refractivity contribution in [2.45, 2.75) is 51.0 Å². The fourth-order valence-corrected chi connectivity index (χ4v) is 3.38. The molecule has 0 aliphatic heterocycles. The third-order valence-corrected chi connectivity index (χ3v) is 4.77. The summed E-state index contributed by atoms with van der Waals surface area (Å²) >= 11 is 0. The molecular weight excluding hydrogens is 323 g/mol. The first kappa shape index (κ1) is 19.3. The molecule has 0 radical (unpaired) electrons. The Morgan fingerprint density at radius 3 is 2.52 bits per heavy atom. The first-order valence-electron chi connectivity index (χ1n) is 8.83. The Labute approximate surface area is 147 Å². The number of Topliss-reactive ketones (excluding diaryl/α,β-unsaturated/α-hetero) is 1. The SMILES string of the molecule is O=C(O)CCCCCCC1C(=O)CC(O)C1/C=C/c1ccc(F)cc1. The van der Waals surface area contributed by atoms with E-state index in [2.05, 4.69) is 0 Å². The minimum Gasteiger partial charge on any atom is -0.481 e. The van der Waals surface area contributed by atoms with Crippen LogP contribution in [0.25, 0.3) is 6.08 Å². The van der Waals surface area contributed by atoms with Crippen molar-refractivity contribution < 1.29 is 24.2 Å². The zero-order valence-corrected chi connectivity index (χ0v) is 14.2. The summed E-state index contributed by atoms with van der Waals surface area (Å²) in [6.45, 7) is 0. The van der Waals surface area contributed by atoms with Crippen molar-refractivity contribution in [3.8, 4) is 0 Å². The lowest BCUT2D eigenvalue weighted by atomic mass is 9.88. The van der Waals surface area contributed by atoms with E-state index in [9.17, 15) is 19.1 Å². The maximum absolute atomic E-state index is 12.9. The molecule has 1 saturated carbocycles. The Balaban J connectivity index is 1.86. The van der Waals surface area contributed by atoms with Gasteiger partial charge < -0.3 is 10.2 Å². The van der Waals surface area contributed by atoms with Crippen LogP contribution in [0.15, 0.2) is 30.3 Å². The number of carbonyl (C=O) groups is 2. The third-order valence-electron chi connectivity index (χ3n) is 4.77. The normalized spacial score (nSPS) is 23.4. The number of unbranched alkanes of at least 4 members (excludes halogenated alkanes) is 3. The van der Waals surface area contributed by atoms with Gasteiger partial charge in [-0.3, -0.25) is 9.59 Å². The Kier molecular flexibility index (Phi) is 7.31. The van der Waals surface area contributed by atoms with Gasteiger partial charge in [0, 0.05) is 24.7 Å². The average Bonchev–Trinajstić information content (AvgIpc) is 2.83. The number of carboxylic acid groups (broad SMARTS) is 1. The predicted molar refractivity (Wildman–Crippen MR) is 93.4 cm³/mol. The number of ketones is 1. The van der Waals surface area contributed by atoms with E-state index in [1.807, 2.05) is 12.2 Å². The van der Waals surface area contributed by atoms with Gasteiger partial charge in [-0.25, -0.2) is 4.39 Å². The van der Waals surface area contributed by atoms with Crippen molar-refractivity contribution in [2.75, 3.05) is 0 Å². The van der Waals surface area contributed by atoms with E-state index in [1.165, 1.54) is 12.1 Å². The second-order valence-corrected chi connectivity index (χ2v) is 6.68. The van der Waals surface area contributed by atoms with Crippen molar-refractivity contribution in [3.63, 3.8) is 0 Å². The molecule has 0 saturated heterocycles. The smallest absolute Gasteiger partial charge is 0.303 e. The molecular formula is C20H25FO4. The van der Waals surface area contributed by atoms with Gasteiger partial charge in [0.2, 0.25) is 0 Å². The Bertz CT molecular complexity index is 609. The van der Waals surface area contributed by atoms with Crippen LogP contribution in [0, 0.1) is 17.7 Å². The van der Waals surface area contributed by atoms with Crippen LogP contribution in [-0.2, 0) is 9.59 Å². The molecule has 1 aromatic rings. The number of hydrogen-bond donors (Lipinski definition) is 2. The number of carboxylic acids is 1. The molecule has 0 heterocycles. The summed E-state index contributed by atoms with van der Waals surface area (Å²) in [5.74, 6) is -1.39. The van der Waals surface area contributed by atoms with E-state index >= 15 is 0 Å². The van der Waals surface area contributed by atoms with E-state index in [-0.39, 0.29) is 36.3 Å². The topological polar surface area (TPSA) is 74.6 Å². The van der Waals surface area contributed by atoms with Crippen LogP contribution < -0.4 is 0 Å². The average molecular weight is 348 g/mol. The number of carbonyl (C=O) groups excluding carboxylic acids is 1. The Morgan fingerprint density at radius 2 is 1.84 bits per heavy atom. The summed E-state index contributed by atoms with van der Waals surface area (Å²) in [6.07, 6.45) is 7.33. The molecule has 4 nitrogen and oxygen atoms in total. The van der Waals surface area contributed by atoms with E-state index in [1.54, 1.807) is 12.1 Å². The fourth-order valence-electron chi connectivity index (χ4n) is 3.38. The molecule has 0 amide bonds. The lowest BCUT2D eigenvalue weighted by molar-refractivity contribution is -0.137. The number of aliphatic carboxylic acids is 1. The first-order valence-corrected chi connectivity index (χ1v) is 8.83. The van der Waals surface area contributed by atoms with Crippen molar-refractivity contribution in [3.05, 3.63) is 41.7 Å². The Hall–Kier alpha value is -2.01. The highest BCUT2D eigenvalue weighted by Gasteiger charge is 2.39. The molecule has 2 rings (SSSR count). The largest absolute Gasteiger partial charge is 0.481 e. The van der Waals surface area contributed by atoms with Gasteiger partial charge in [0.15, 0.2) is 0 Å². The molecule has 1 aromatic carbocycles. The van der Waals surface area contributed by atoms with E-state index in [0.29, 0.717) is 12.8 Å². The summed E-state index contributed by atoms with van der Waals surface area (Å²) in [6, 6.07) is 6.08. The molecule has 3 unspecified atom stereocenters. The van der Waals surface area contributed by atoms with Crippen LogP contribution in [0.5, 0.6) is 0 Å². The molecule has 136 valence electrons. The number of halogens is 1. The minimum atomic E-state index is -0.778. The maximum atomic E-state index is 12.9. The summed E-state index contributed by atoms with van der Waals surface area (Å²) in [5, 5.41) is 18.8. The van der Waals surface area contributed by atoms with Crippen LogP contribution in [0.4, 0.5) is 4.39 Å². The molecule has 5 heteroatoms. The quantitative estimate of drug-likeness (QED) is 0.665. The monoisotopic (exact) mass is 348 g/mol. The van der Waals surface area contributed by atoms with Crippen molar-refractivity contribution in [2.24, 2.45) is 11.8 Å². The molecule has 1 fully saturated rings. The molecule has 3 atom stereocenters. The lowest BCUT2D eigenvalue weighted by Crippen LogP contribution is -2.18. The summed E-state index contributed by atoms with van der Waals surface area (Å²) < 4.78 is 12.9. The zero-order valence-electron chi connectivity index (χ0n) is 14.2. The van der Waals surface area contributed by atoms with Gasteiger partial charge in [-0.05, 0) is 30.5 Å². The molecule has 1 aliphatic rings. The van der Waals surface area contributed by atoms with Gasteiger partial charge in [0.05, 0.1) is 6.10 Å². The van der Waals surface area contributed by atoms with Crippen LogP contribution in [0.1, 0.15) is 50.5 Å². The van der Waals surface area contributed by atoms with E-state index in [0.717, 1.165) is 24.8 Å². The van der Waals surface area contributed by atoms with Crippen LogP contribution in [0.3, 0.4) is 0 Å². The van der Waals surface area contributed by atoms with Crippen molar-refractivity contribution in [1.82, 2.24) is 0 Å². The zero-order chi connectivity index (χ0) is 18.2. The lowest BCUT2D eigenvalue weighted by Gasteiger charge is -2.17. The minimum absolute atomic E-state index is 0.0896. The second-order valence-electron chi connectivity index (χ2n) is 6.68. The van der Waals surface area contributed by atoms with E-state index in [4.69, 9.17) is 5.11 Å². The number of aliphatic hydroxyl groups excluding tert-OH is 1. The standard InChI is InChI=1S/C20H25FO4/c21-15-10-7-14(8-11-15)9-12-17-16(18(22)13-19(17)23)5-3-1-2-4-6-20(24)25/h7-12,16-17,19,23H,1-6,13H2,(H,24,25)/b12-9+. The molecule has 2 N–H and O–H groups in total. The predicted octanol–water partition coefficient (Wildman–Crippen LogP) is 3.83. The van der Waals surface area contributed by atoms with Gasteiger partial charge >= 0.3 is 5.97 Å². The van der Waals surface area contributed by atoms with Gasteiger partial charge in [0.1, 0.15) is 11.6 Å². The molecule has 1 aliphatic carbocycles. The van der Waals surface area contributed by atoms with E-state index < -0.39 is 12.1 Å².